The van der Waals surface area contributed by atoms with Crippen molar-refractivity contribution in [1.82, 2.24) is 28.8 Å². The summed E-state index contributed by atoms with van der Waals surface area (Å²) in [4.78, 5) is 2.58. The molecule has 8 nitrogen and oxygen atoms in total. The highest BCUT2D eigenvalue weighted by atomic mass is 32.2. The van der Waals surface area contributed by atoms with Gasteiger partial charge in [0, 0.05) is 64.3 Å². The van der Waals surface area contributed by atoms with Crippen molar-refractivity contribution in [2.45, 2.75) is 25.3 Å². The first-order valence-electron chi connectivity index (χ1n) is 7.99. The van der Waals surface area contributed by atoms with Crippen molar-refractivity contribution in [3.8, 4) is 0 Å². The van der Waals surface area contributed by atoms with E-state index in [1.54, 1.807) is 29.2 Å². The molecule has 0 spiro atoms. The molecule has 0 aromatic carbocycles. The lowest BCUT2D eigenvalue weighted by atomic mass is 10.2. The molecule has 1 saturated heterocycles. The fourth-order valence-corrected chi connectivity index (χ4v) is 4.66. The Balaban J connectivity index is 1.66. The van der Waals surface area contributed by atoms with Crippen molar-refractivity contribution in [2.75, 3.05) is 26.2 Å². The molecule has 1 aliphatic rings. The smallest absolute Gasteiger partial charge is 0.246 e. The van der Waals surface area contributed by atoms with Crippen molar-refractivity contribution in [3.05, 3.63) is 29.3 Å². The highest BCUT2D eigenvalue weighted by Crippen LogP contribution is 2.21. The lowest BCUT2D eigenvalue weighted by Gasteiger charge is -2.33. The highest BCUT2D eigenvalue weighted by molar-refractivity contribution is 7.89. The molecular weight excluding hydrogens is 328 g/mol. The second-order valence-electron chi connectivity index (χ2n) is 6.31. The third-order valence-electron chi connectivity index (χ3n) is 4.65. The average Bonchev–Trinajstić information content (AvgIpc) is 3.04. The molecule has 0 saturated carbocycles. The topological polar surface area (TPSA) is 76.3 Å². The lowest BCUT2D eigenvalue weighted by molar-refractivity contribution is 0.181. The molecule has 2 aromatic rings. The van der Waals surface area contributed by atoms with Gasteiger partial charge in [-0.3, -0.25) is 14.3 Å². The van der Waals surface area contributed by atoms with E-state index in [-0.39, 0.29) is 0 Å². The van der Waals surface area contributed by atoms with Crippen LogP contribution in [0.15, 0.2) is 17.3 Å². The van der Waals surface area contributed by atoms with Crippen molar-refractivity contribution in [1.29, 1.82) is 0 Å². The van der Waals surface area contributed by atoms with Gasteiger partial charge in [-0.25, -0.2) is 8.42 Å². The zero-order chi connectivity index (χ0) is 17.5. The Kier molecular flexibility index (Phi) is 4.50. The van der Waals surface area contributed by atoms with Gasteiger partial charge in [-0.15, -0.1) is 0 Å². The maximum Gasteiger partial charge on any atom is 0.246 e. The van der Waals surface area contributed by atoms with Crippen LogP contribution < -0.4 is 0 Å². The fourth-order valence-electron chi connectivity index (χ4n) is 3.04. The molecule has 132 valence electrons. The van der Waals surface area contributed by atoms with Crippen LogP contribution in [-0.2, 0) is 30.7 Å². The van der Waals surface area contributed by atoms with Gasteiger partial charge in [-0.1, -0.05) is 0 Å². The van der Waals surface area contributed by atoms with E-state index in [0.29, 0.717) is 36.8 Å². The zero-order valence-corrected chi connectivity index (χ0v) is 15.4. The maximum atomic E-state index is 12.8. The molecule has 24 heavy (non-hydrogen) atoms. The van der Waals surface area contributed by atoms with Crippen LogP contribution in [0.25, 0.3) is 0 Å². The summed E-state index contributed by atoms with van der Waals surface area (Å²) in [5, 5.41) is 8.41. The fraction of sp³-hybridized carbons (Fsp3) is 0.600. The Hall–Kier alpha value is -1.71. The van der Waals surface area contributed by atoms with Crippen LogP contribution in [0, 0.1) is 13.8 Å². The molecule has 3 heterocycles. The standard InChI is InChI=1S/C15H24N6O2S/c1-12-15(11-18(3)17-12)24(22,23)21-7-5-20(6-8-21)10-14-9-16-19(4)13(14)2/h9,11H,5-8,10H2,1-4H3. The van der Waals surface area contributed by atoms with Crippen molar-refractivity contribution in [2.24, 2.45) is 14.1 Å². The summed E-state index contributed by atoms with van der Waals surface area (Å²) < 4.78 is 30.5. The normalized spacial score (nSPS) is 17.5. The first kappa shape index (κ1) is 17.1. The Labute approximate surface area is 142 Å². The van der Waals surface area contributed by atoms with E-state index in [2.05, 4.69) is 15.1 Å². The van der Waals surface area contributed by atoms with E-state index < -0.39 is 10.0 Å². The summed E-state index contributed by atoms with van der Waals surface area (Å²) >= 11 is 0. The monoisotopic (exact) mass is 352 g/mol. The number of hydrogen-bond donors (Lipinski definition) is 0. The van der Waals surface area contributed by atoms with Gasteiger partial charge < -0.3 is 0 Å². The molecule has 1 fully saturated rings. The molecule has 1 aliphatic heterocycles. The number of aryl methyl sites for hydroxylation is 3. The Bertz CT molecular complexity index is 830. The Morgan fingerprint density at radius 3 is 2.29 bits per heavy atom. The first-order valence-corrected chi connectivity index (χ1v) is 9.43. The van der Waals surface area contributed by atoms with Gasteiger partial charge in [0.1, 0.15) is 4.90 Å². The largest absolute Gasteiger partial charge is 0.296 e. The van der Waals surface area contributed by atoms with E-state index in [1.165, 1.54) is 5.56 Å². The number of rotatable bonds is 4. The third kappa shape index (κ3) is 3.11. The minimum absolute atomic E-state index is 0.307. The van der Waals surface area contributed by atoms with E-state index in [1.807, 2.05) is 24.9 Å². The summed E-state index contributed by atoms with van der Waals surface area (Å²) in [6.45, 7) is 7.01. The predicted molar refractivity (Wildman–Crippen MR) is 89.9 cm³/mol. The van der Waals surface area contributed by atoms with E-state index in [4.69, 9.17) is 0 Å². The van der Waals surface area contributed by atoms with E-state index in [0.717, 1.165) is 12.2 Å². The van der Waals surface area contributed by atoms with Gasteiger partial charge in [-0.05, 0) is 13.8 Å². The van der Waals surface area contributed by atoms with Crippen molar-refractivity contribution < 1.29 is 8.42 Å². The quantitative estimate of drug-likeness (QED) is 0.790. The van der Waals surface area contributed by atoms with Crippen LogP contribution in [-0.4, -0.2) is 63.4 Å². The predicted octanol–water partition coefficient (Wildman–Crippen LogP) is 0.277. The third-order valence-corrected chi connectivity index (χ3v) is 6.65. The SMILES string of the molecule is Cc1nn(C)cc1S(=O)(=O)N1CCN(Cc2cnn(C)c2C)CC1. The van der Waals surface area contributed by atoms with Gasteiger partial charge in [0.15, 0.2) is 0 Å². The minimum atomic E-state index is -3.47. The average molecular weight is 352 g/mol. The number of sulfonamides is 1. The molecule has 0 aliphatic carbocycles. The number of nitrogens with zero attached hydrogens (tertiary/aromatic N) is 6. The summed E-state index contributed by atoms with van der Waals surface area (Å²) in [6, 6.07) is 0. The van der Waals surface area contributed by atoms with Crippen molar-refractivity contribution >= 4 is 10.0 Å². The molecule has 9 heteroatoms. The Morgan fingerprint density at radius 1 is 1.12 bits per heavy atom. The van der Waals surface area contributed by atoms with Gasteiger partial charge >= 0.3 is 0 Å². The maximum absolute atomic E-state index is 12.8. The molecule has 0 atom stereocenters. The zero-order valence-electron chi connectivity index (χ0n) is 14.6. The highest BCUT2D eigenvalue weighted by Gasteiger charge is 2.31. The summed E-state index contributed by atoms with van der Waals surface area (Å²) in [5.74, 6) is 0. The molecule has 3 rings (SSSR count). The number of piperazine rings is 1. The second-order valence-corrected chi connectivity index (χ2v) is 8.22. The van der Waals surface area contributed by atoms with Gasteiger partial charge in [0.05, 0.1) is 11.9 Å². The molecular formula is C15H24N6O2S. The molecule has 0 N–H and O–H groups in total. The summed E-state index contributed by atoms with van der Waals surface area (Å²) in [6.07, 6.45) is 3.47. The first-order chi connectivity index (χ1) is 11.3. The summed E-state index contributed by atoms with van der Waals surface area (Å²) in [7, 11) is 0.201. The van der Waals surface area contributed by atoms with Crippen molar-refractivity contribution in [3.63, 3.8) is 0 Å². The van der Waals surface area contributed by atoms with E-state index in [9.17, 15) is 8.42 Å². The minimum Gasteiger partial charge on any atom is -0.296 e. The van der Waals surface area contributed by atoms with E-state index >= 15 is 0 Å². The van der Waals surface area contributed by atoms with Gasteiger partial charge in [0.25, 0.3) is 0 Å². The summed E-state index contributed by atoms with van der Waals surface area (Å²) in [5.41, 5.74) is 2.89. The van der Waals surface area contributed by atoms with Crippen LogP contribution in [0.4, 0.5) is 0 Å². The molecule has 0 amide bonds. The number of aromatic nitrogens is 4. The van der Waals surface area contributed by atoms with Crippen LogP contribution in [0.1, 0.15) is 17.0 Å². The second kappa shape index (κ2) is 6.30. The van der Waals surface area contributed by atoms with Crippen LogP contribution in [0.2, 0.25) is 0 Å². The van der Waals surface area contributed by atoms with Crippen LogP contribution in [0.3, 0.4) is 0 Å². The molecule has 2 aromatic heterocycles. The van der Waals surface area contributed by atoms with Gasteiger partial charge in [0.2, 0.25) is 10.0 Å². The van der Waals surface area contributed by atoms with Crippen LogP contribution >= 0.6 is 0 Å². The van der Waals surface area contributed by atoms with Gasteiger partial charge in [-0.2, -0.15) is 14.5 Å². The Morgan fingerprint density at radius 2 is 1.79 bits per heavy atom. The molecule has 0 radical (unpaired) electrons. The molecule has 0 bridgehead atoms. The molecule has 0 unspecified atom stereocenters. The number of hydrogen-bond acceptors (Lipinski definition) is 5. The van der Waals surface area contributed by atoms with Crippen LogP contribution in [0.5, 0.6) is 0 Å². The lowest BCUT2D eigenvalue weighted by Crippen LogP contribution is -2.48.